The van der Waals surface area contributed by atoms with Crippen LogP contribution in [-0.4, -0.2) is 30.3 Å². The minimum atomic E-state index is -0.955. The van der Waals surface area contributed by atoms with Gasteiger partial charge in [-0.15, -0.1) is 0 Å². The predicted molar refractivity (Wildman–Crippen MR) is 54.0 cm³/mol. The summed E-state index contributed by atoms with van der Waals surface area (Å²) in [5.74, 6) is 1.46. The van der Waals surface area contributed by atoms with Crippen LogP contribution in [0.15, 0.2) is 24.3 Å². The van der Waals surface area contributed by atoms with Crippen LogP contribution in [0.25, 0.3) is 0 Å². The second-order valence-electron chi connectivity index (χ2n) is 2.96. The van der Waals surface area contributed by atoms with Gasteiger partial charge in [-0.3, -0.25) is 0 Å². The lowest BCUT2D eigenvalue weighted by Crippen LogP contribution is -2.26. The summed E-state index contributed by atoms with van der Waals surface area (Å²) in [5.41, 5.74) is 1.72. The monoisotopic (exact) mass is 213 g/mol. The fourth-order valence-electron chi connectivity index (χ4n) is 1.02. The fourth-order valence-corrected chi connectivity index (χ4v) is 1.02. The zero-order chi connectivity index (χ0) is 11.1. The van der Waals surface area contributed by atoms with E-state index in [1.165, 1.54) is 0 Å². The molecule has 15 heavy (non-hydrogen) atoms. The second kappa shape index (κ2) is 6.23. The Morgan fingerprint density at radius 3 is 2.40 bits per heavy atom. The Kier molecular flexibility index (Phi) is 4.89. The first kappa shape index (κ1) is 11.8. The maximum Gasteiger partial charge on any atom is 0.130 e. The molecule has 1 aromatic rings. The van der Waals surface area contributed by atoms with Crippen molar-refractivity contribution in [3.8, 4) is 11.5 Å². The van der Waals surface area contributed by atoms with Crippen LogP contribution in [-0.2, 0) is 0 Å². The van der Waals surface area contributed by atoms with Crippen LogP contribution in [0.2, 0.25) is 0 Å². The summed E-state index contributed by atoms with van der Waals surface area (Å²) in [6, 6.07) is 7.13. The largest absolute Gasteiger partial charge is 0.497 e. The summed E-state index contributed by atoms with van der Waals surface area (Å²) in [5, 5.41) is 17.3. The lowest BCUT2D eigenvalue weighted by atomic mass is 10.3. The number of hydrogen-bond donors (Lipinski definition) is 3. The molecule has 0 aliphatic carbocycles. The maximum atomic E-state index is 8.96. The first-order valence-corrected chi connectivity index (χ1v) is 4.61. The summed E-state index contributed by atoms with van der Waals surface area (Å²) in [7, 11) is 1.60. The molecule has 1 unspecified atom stereocenters. The third-order valence-corrected chi connectivity index (χ3v) is 1.87. The summed E-state index contributed by atoms with van der Waals surface area (Å²) in [4.78, 5) is 0. The number of aliphatic hydroxyl groups is 1. The van der Waals surface area contributed by atoms with Gasteiger partial charge in [0, 0.05) is 6.42 Å². The Morgan fingerprint density at radius 1 is 1.27 bits per heavy atom. The molecule has 1 rings (SSSR count). The van der Waals surface area contributed by atoms with Gasteiger partial charge in [0.1, 0.15) is 17.7 Å². The molecule has 5 heteroatoms. The van der Waals surface area contributed by atoms with Crippen molar-refractivity contribution in [2.24, 2.45) is 0 Å². The minimum absolute atomic E-state index is 0.308. The normalized spacial score (nSPS) is 12.2. The zero-order valence-electron chi connectivity index (χ0n) is 8.51. The summed E-state index contributed by atoms with van der Waals surface area (Å²) in [6.45, 7) is 0.320. The maximum absolute atomic E-state index is 8.96. The van der Waals surface area contributed by atoms with Crippen molar-refractivity contribution >= 4 is 0 Å². The quantitative estimate of drug-likeness (QED) is 0.480. The highest BCUT2D eigenvalue weighted by Crippen LogP contribution is 2.16. The number of methoxy groups -OCH3 is 1. The molecule has 1 aromatic carbocycles. The van der Waals surface area contributed by atoms with E-state index >= 15 is 0 Å². The molecule has 0 heterocycles. The molecular weight excluding hydrogens is 198 g/mol. The van der Waals surface area contributed by atoms with Crippen molar-refractivity contribution in [2.45, 2.75) is 12.6 Å². The van der Waals surface area contributed by atoms with E-state index in [4.69, 9.17) is 19.8 Å². The Morgan fingerprint density at radius 2 is 1.87 bits per heavy atom. The molecule has 0 aliphatic heterocycles. The molecule has 3 N–H and O–H groups in total. The highest BCUT2D eigenvalue weighted by Gasteiger charge is 2.01. The summed E-state index contributed by atoms with van der Waals surface area (Å²) >= 11 is 0. The molecule has 0 saturated heterocycles. The van der Waals surface area contributed by atoms with Crippen LogP contribution in [0.1, 0.15) is 6.42 Å². The van der Waals surface area contributed by atoms with Crippen LogP contribution >= 0.6 is 0 Å². The smallest absolute Gasteiger partial charge is 0.130 e. The topological polar surface area (TPSA) is 71.0 Å². The molecule has 0 amide bonds. The van der Waals surface area contributed by atoms with Crippen molar-refractivity contribution in [1.29, 1.82) is 0 Å². The Bertz CT molecular complexity index is 275. The Balaban J connectivity index is 2.31. The second-order valence-corrected chi connectivity index (χ2v) is 2.96. The van der Waals surface area contributed by atoms with Crippen LogP contribution in [0, 0.1) is 0 Å². The van der Waals surface area contributed by atoms with Crippen molar-refractivity contribution < 1.29 is 19.8 Å². The lowest BCUT2D eigenvalue weighted by Gasteiger charge is -2.09. The van der Waals surface area contributed by atoms with E-state index in [1.54, 1.807) is 36.9 Å². The number of hydroxylamine groups is 1. The van der Waals surface area contributed by atoms with Gasteiger partial charge in [-0.2, -0.15) is 5.48 Å². The molecule has 84 valence electrons. The van der Waals surface area contributed by atoms with Crippen molar-refractivity contribution in [2.75, 3.05) is 13.7 Å². The number of hydrogen-bond acceptors (Lipinski definition) is 5. The third-order valence-electron chi connectivity index (χ3n) is 1.87. The van der Waals surface area contributed by atoms with Crippen LogP contribution in [0.3, 0.4) is 0 Å². The number of nitrogens with one attached hydrogen (secondary N) is 1. The van der Waals surface area contributed by atoms with E-state index in [1.807, 2.05) is 0 Å². The van der Waals surface area contributed by atoms with E-state index in [9.17, 15) is 0 Å². The molecule has 1 atom stereocenters. The summed E-state index contributed by atoms with van der Waals surface area (Å²) in [6.07, 6.45) is -0.647. The predicted octanol–water partition coefficient (Wildman–Crippen LogP) is 0.761. The van der Waals surface area contributed by atoms with Crippen LogP contribution in [0.4, 0.5) is 0 Å². The third kappa shape index (κ3) is 4.16. The standard InChI is InChI=1S/C10H15NO4/c1-14-8-2-4-9(5-3-8)15-7-6-10(12)11-13/h2-5,10-13H,6-7H2,1H3. The van der Waals surface area contributed by atoms with Gasteiger partial charge in [0.25, 0.3) is 0 Å². The fraction of sp³-hybridized carbons (Fsp3) is 0.400. The van der Waals surface area contributed by atoms with E-state index in [2.05, 4.69) is 0 Å². The molecule has 0 aromatic heterocycles. The summed E-state index contributed by atoms with van der Waals surface area (Å²) < 4.78 is 10.3. The van der Waals surface area contributed by atoms with Gasteiger partial charge >= 0.3 is 0 Å². The number of benzene rings is 1. The van der Waals surface area contributed by atoms with Gasteiger partial charge in [-0.25, -0.2) is 0 Å². The van der Waals surface area contributed by atoms with Gasteiger partial charge in [-0.1, -0.05) is 0 Å². The van der Waals surface area contributed by atoms with E-state index in [0.717, 1.165) is 5.75 Å². The van der Waals surface area contributed by atoms with Crippen molar-refractivity contribution in [3.05, 3.63) is 24.3 Å². The lowest BCUT2D eigenvalue weighted by molar-refractivity contribution is -0.00920. The highest BCUT2D eigenvalue weighted by atomic mass is 16.5. The van der Waals surface area contributed by atoms with Gasteiger partial charge < -0.3 is 19.8 Å². The average molecular weight is 213 g/mol. The molecule has 0 aliphatic rings. The van der Waals surface area contributed by atoms with Crippen molar-refractivity contribution in [3.63, 3.8) is 0 Å². The van der Waals surface area contributed by atoms with Crippen molar-refractivity contribution in [1.82, 2.24) is 5.48 Å². The molecular formula is C10H15NO4. The Hall–Kier alpha value is -1.30. The first-order valence-electron chi connectivity index (χ1n) is 4.61. The van der Waals surface area contributed by atoms with E-state index < -0.39 is 6.23 Å². The van der Waals surface area contributed by atoms with Crippen LogP contribution in [0.5, 0.6) is 11.5 Å². The average Bonchev–Trinajstić information content (AvgIpc) is 2.29. The number of ether oxygens (including phenoxy) is 2. The SMILES string of the molecule is COc1ccc(OCCC(O)NO)cc1. The number of aliphatic hydroxyl groups excluding tert-OH is 1. The van der Waals surface area contributed by atoms with Gasteiger partial charge in [0.15, 0.2) is 0 Å². The van der Waals surface area contributed by atoms with Gasteiger partial charge in [0.05, 0.1) is 13.7 Å². The molecule has 0 spiro atoms. The van der Waals surface area contributed by atoms with Crippen LogP contribution < -0.4 is 15.0 Å². The first-order chi connectivity index (χ1) is 7.26. The molecule has 0 radical (unpaired) electrons. The van der Waals surface area contributed by atoms with E-state index in [0.29, 0.717) is 18.8 Å². The Labute approximate surface area is 88.2 Å². The molecule has 0 bridgehead atoms. The van der Waals surface area contributed by atoms with E-state index in [-0.39, 0.29) is 0 Å². The minimum Gasteiger partial charge on any atom is -0.497 e. The van der Waals surface area contributed by atoms with Gasteiger partial charge in [0.2, 0.25) is 0 Å². The zero-order valence-corrected chi connectivity index (χ0v) is 8.51. The highest BCUT2D eigenvalue weighted by molar-refractivity contribution is 5.31. The molecule has 0 fully saturated rings. The number of rotatable bonds is 6. The molecule has 0 saturated carbocycles. The molecule has 5 nitrogen and oxygen atoms in total. The van der Waals surface area contributed by atoms with Gasteiger partial charge in [-0.05, 0) is 24.3 Å².